The third-order valence-electron chi connectivity index (χ3n) is 15.0. The van der Waals surface area contributed by atoms with Crippen molar-refractivity contribution < 1.29 is 83.5 Å². The Hall–Kier alpha value is -11.0. The molecule has 92 heavy (non-hydrogen) atoms. The lowest BCUT2D eigenvalue weighted by Gasteiger charge is -2.27. The van der Waals surface area contributed by atoms with Gasteiger partial charge in [-0.15, -0.1) is 0 Å². The highest BCUT2D eigenvalue weighted by Gasteiger charge is 2.39. The molecule has 7 aromatic rings. The highest BCUT2D eigenvalue weighted by atomic mass is 35.5. The van der Waals surface area contributed by atoms with E-state index in [2.05, 4.69) is 41.2 Å². The number of phenolic OH excluding ortho intramolecular Hbond substituents is 6. The summed E-state index contributed by atoms with van der Waals surface area (Å²) in [5.74, 6) is -15.2. The van der Waals surface area contributed by atoms with Crippen LogP contribution in [0.25, 0.3) is 11.1 Å². The van der Waals surface area contributed by atoms with Crippen molar-refractivity contribution in [1.29, 1.82) is 0 Å². The van der Waals surface area contributed by atoms with Crippen LogP contribution in [0.5, 0.6) is 69.0 Å². The van der Waals surface area contributed by atoms with Gasteiger partial charge in [-0.25, -0.2) is 20.0 Å². The number of likely N-dealkylation sites (N-methyl/N-ethyl adjacent to an activating group) is 1. The summed E-state index contributed by atoms with van der Waals surface area (Å²) in [6.07, 6.45) is -2.21. The molecule has 7 aromatic carbocycles. The van der Waals surface area contributed by atoms with Crippen LogP contribution in [-0.4, -0.2) is 145 Å². The Kier molecular flexibility index (Phi) is 17.3. The van der Waals surface area contributed by atoms with Gasteiger partial charge in [0, 0.05) is 52.9 Å². The number of hydrogen-bond acceptors (Lipinski definition) is 19. The fourth-order valence-electron chi connectivity index (χ4n) is 10.4. The SMILES string of the molecule is CNC1C(=O)N=C2Cc3ccc(cc3)Oc3cc4cc(c3O)Oc3ccc(cc3Cl)C(O)[C@H]3NC(=O)[C@@H](NC(=O)C4=NC(=O)C(=NC2=O)c2cc(cc(O)c2Cl)Oc2cc1ccc2O)c1ccc(O)c(c1)-c1c(O)cc(O)cc1C(C(=O)NCCCN(C)C)=NC3=O. The smallest absolute Gasteiger partial charge is 0.297 e. The number of hydrogen-bond donors (Lipinski definition) is 11. The molecular formula is C64H51Cl2N9O17. The van der Waals surface area contributed by atoms with Crippen molar-refractivity contribution in [1.82, 2.24) is 26.2 Å². The van der Waals surface area contributed by atoms with Crippen molar-refractivity contribution >= 4 is 87.4 Å². The highest BCUT2D eigenvalue weighted by molar-refractivity contribution is 6.57. The molecule has 468 valence electrons. The Bertz CT molecular complexity index is 4450. The van der Waals surface area contributed by atoms with Gasteiger partial charge in [0.2, 0.25) is 11.7 Å². The maximum Gasteiger partial charge on any atom is 0.297 e. The first kappa shape index (κ1) is 62.6. The highest BCUT2D eigenvalue weighted by Crippen LogP contribution is 2.46. The number of nitrogens with zero attached hydrogens (tertiary/aromatic N) is 5. The van der Waals surface area contributed by atoms with E-state index in [1.165, 1.54) is 61.6 Å². The lowest BCUT2D eigenvalue weighted by molar-refractivity contribution is -0.132. The van der Waals surface area contributed by atoms with Crippen LogP contribution in [0, 0.1) is 0 Å². The minimum atomic E-state index is -2.22. The summed E-state index contributed by atoms with van der Waals surface area (Å²) in [6, 6.07) is 16.7. The van der Waals surface area contributed by atoms with Gasteiger partial charge >= 0.3 is 0 Å². The molecule has 0 aliphatic carbocycles. The number of aliphatic imine (C=N–C) groups is 4. The van der Waals surface area contributed by atoms with Crippen LogP contribution < -0.4 is 35.5 Å². The Morgan fingerprint density at radius 1 is 0.630 bits per heavy atom. The first-order chi connectivity index (χ1) is 43.9. The predicted molar refractivity (Wildman–Crippen MR) is 331 cm³/mol. The third-order valence-corrected chi connectivity index (χ3v) is 15.6. The van der Waals surface area contributed by atoms with E-state index in [1.54, 1.807) is 14.1 Å². The number of aromatic hydroxyl groups is 6. The number of halogens is 2. The third kappa shape index (κ3) is 12.6. The predicted octanol–water partition coefficient (Wildman–Crippen LogP) is 6.19. The van der Waals surface area contributed by atoms with Crippen LogP contribution >= 0.6 is 23.2 Å². The van der Waals surface area contributed by atoms with E-state index in [0.29, 0.717) is 18.5 Å². The van der Waals surface area contributed by atoms with Crippen LogP contribution in [0.1, 0.15) is 63.6 Å². The minimum Gasteiger partial charge on any atom is -0.508 e. The van der Waals surface area contributed by atoms with Crippen molar-refractivity contribution in [3.8, 4) is 80.1 Å². The molecule has 6 aliphatic heterocycles. The second kappa shape index (κ2) is 25.5. The van der Waals surface area contributed by atoms with Gasteiger partial charge in [0.1, 0.15) is 87.3 Å². The molecule has 28 heteroatoms. The molecule has 6 heterocycles. The van der Waals surface area contributed by atoms with Crippen LogP contribution in [0.15, 0.2) is 135 Å². The summed E-state index contributed by atoms with van der Waals surface area (Å²) in [5.41, 5.74) is -5.69. The number of fused-ring (bicyclic) bond motifs is 14. The molecule has 13 rings (SSSR count). The number of nitrogens with one attached hydrogen (secondary N) is 4. The Morgan fingerprint density at radius 2 is 1.33 bits per heavy atom. The lowest BCUT2D eigenvalue weighted by atomic mass is 9.90. The van der Waals surface area contributed by atoms with Crippen molar-refractivity contribution in [2.45, 2.75) is 37.1 Å². The molecule has 11 N–H and O–H groups in total. The summed E-state index contributed by atoms with van der Waals surface area (Å²) >= 11 is 13.7. The summed E-state index contributed by atoms with van der Waals surface area (Å²) < 4.78 is 18.5. The molecule has 0 aromatic heterocycles. The second-order valence-electron chi connectivity index (χ2n) is 21.5. The van der Waals surface area contributed by atoms with Crippen LogP contribution in [0.4, 0.5) is 0 Å². The van der Waals surface area contributed by atoms with Gasteiger partial charge in [0.25, 0.3) is 35.4 Å². The molecule has 0 saturated heterocycles. The van der Waals surface area contributed by atoms with Crippen molar-refractivity contribution in [2.24, 2.45) is 20.0 Å². The summed E-state index contributed by atoms with van der Waals surface area (Å²) in [5, 5.41) is 90.7. The average molecular weight is 1290 g/mol. The first-order valence-corrected chi connectivity index (χ1v) is 28.6. The zero-order valence-corrected chi connectivity index (χ0v) is 49.8. The molecule has 17 bridgehead atoms. The summed E-state index contributed by atoms with van der Waals surface area (Å²) in [6.45, 7) is 0.504. The van der Waals surface area contributed by atoms with E-state index >= 15 is 14.4 Å². The first-order valence-electron chi connectivity index (χ1n) is 27.9. The normalized spacial score (nSPS) is 18.2. The van der Waals surface area contributed by atoms with Gasteiger partial charge in [-0.05, 0) is 129 Å². The quantitative estimate of drug-likeness (QED) is 0.0827. The number of carbonyl (C=O) groups is 7. The molecule has 26 nitrogen and oxygen atoms in total. The van der Waals surface area contributed by atoms with Gasteiger partial charge in [0.15, 0.2) is 23.0 Å². The maximum atomic E-state index is 15.8. The number of carbonyl (C=O) groups excluding carboxylic acids is 7. The average Bonchev–Trinajstić information content (AvgIpc) is 0.802. The van der Waals surface area contributed by atoms with Gasteiger partial charge < -0.3 is 76.1 Å². The second-order valence-corrected chi connectivity index (χ2v) is 22.3. The van der Waals surface area contributed by atoms with Crippen molar-refractivity contribution in [3.63, 3.8) is 0 Å². The summed E-state index contributed by atoms with van der Waals surface area (Å²) in [7, 11) is 5.02. The van der Waals surface area contributed by atoms with E-state index < -0.39 is 168 Å². The molecule has 6 aliphatic rings. The lowest BCUT2D eigenvalue weighted by Crippen LogP contribution is -2.50. The van der Waals surface area contributed by atoms with Gasteiger partial charge in [-0.1, -0.05) is 53.5 Å². The van der Waals surface area contributed by atoms with Crippen molar-refractivity contribution in [3.05, 3.63) is 164 Å². The zero-order valence-electron chi connectivity index (χ0n) is 48.3. The molecule has 0 fully saturated rings. The number of aliphatic hydroxyl groups is 1. The fourth-order valence-corrected chi connectivity index (χ4v) is 10.8. The molecule has 4 atom stereocenters. The van der Waals surface area contributed by atoms with Gasteiger partial charge in [0.05, 0.1) is 10.0 Å². The van der Waals surface area contributed by atoms with Crippen LogP contribution in [0.3, 0.4) is 0 Å². The maximum absolute atomic E-state index is 15.8. The monoisotopic (exact) mass is 1290 g/mol. The number of aliphatic hydroxyl groups excluding tert-OH is 1. The Morgan fingerprint density at radius 3 is 2.05 bits per heavy atom. The van der Waals surface area contributed by atoms with Gasteiger partial charge in [-0.2, -0.15) is 0 Å². The molecule has 7 amide bonds. The van der Waals surface area contributed by atoms with Crippen molar-refractivity contribution in [2.75, 3.05) is 34.2 Å². The van der Waals surface area contributed by atoms with Crippen LogP contribution in [0.2, 0.25) is 10.0 Å². The Labute approximate surface area is 530 Å². The number of benzene rings is 7. The largest absolute Gasteiger partial charge is 0.508 e. The molecular weight excluding hydrogens is 1240 g/mol. The molecule has 0 radical (unpaired) electrons. The topological polar surface area (TPSA) is 390 Å². The van der Waals surface area contributed by atoms with E-state index in [9.17, 15) is 54.9 Å². The molecule has 2 unspecified atom stereocenters. The standard InChI is InChI=1S/C64H51Cl2N9O17/c1-67-50-29-8-13-41(78)45(20-29)91-34-25-37(49(66)43(80)26-34)54-63(88)71-52-31-21-46(90-33-10-5-27(6-11-33)17-39(58(83)72-54)69-60(50)85)57(82)47(22-31)92-44-14-9-30(19-38(44)65)56(81)55-64(89)73-53(59(84)68-15-4-16-75(2)3)36-23-32(76)24-42(79)48(36)35-18-28(7-12-40(35)77)51(61(86)74-55)70-62(52)87/h5-14,18-26,50-51,55-56,67,76-82H,4,15-17H2,1-3H3,(H,68,84)(H,70,87)(H,74,86)/t50?,51-,55+,56?/m0/s1. The van der Waals surface area contributed by atoms with Crippen LogP contribution in [-0.2, 0) is 40.0 Å². The van der Waals surface area contributed by atoms with E-state index in [-0.39, 0.29) is 56.8 Å². The number of rotatable bonds is 6. The van der Waals surface area contributed by atoms with E-state index in [0.717, 1.165) is 60.7 Å². The minimum absolute atomic E-state index is 0.000551. The summed E-state index contributed by atoms with van der Waals surface area (Å²) in [4.78, 5) is 124. The van der Waals surface area contributed by atoms with E-state index in [4.69, 9.17) is 37.4 Å². The number of ether oxygens (including phenoxy) is 3. The number of phenols is 6. The number of amides is 7. The molecule has 0 saturated carbocycles. The molecule has 0 spiro atoms. The van der Waals surface area contributed by atoms with E-state index in [1.807, 2.05) is 4.90 Å². The Balaban J connectivity index is 1.17. The zero-order chi connectivity index (χ0) is 65.6. The fraction of sp³-hybridized carbons (Fsp3) is 0.172. The van der Waals surface area contributed by atoms with Gasteiger partial charge in [-0.3, -0.25) is 33.6 Å².